The maximum absolute atomic E-state index is 5.91. The molecule has 0 spiro atoms. The van der Waals surface area contributed by atoms with Gasteiger partial charge in [0, 0.05) is 32.7 Å². The van der Waals surface area contributed by atoms with Gasteiger partial charge in [0.05, 0.1) is 0 Å². The van der Waals surface area contributed by atoms with Crippen LogP contribution in [0, 0.1) is 20.8 Å². The number of ether oxygens (including phenoxy) is 1. The van der Waals surface area contributed by atoms with E-state index in [1.807, 2.05) is 0 Å². The summed E-state index contributed by atoms with van der Waals surface area (Å²) in [5.74, 6) is 1.04. The van der Waals surface area contributed by atoms with E-state index in [0.717, 1.165) is 45.1 Å². The van der Waals surface area contributed by atoms with Gasteiger partial charge in [0.15, 0.2) is 0 Å². The molecular weight excluding hydrogens is 224 g/mol. The highest BCUT2D eigenvalue weighted by atomic mass is 16.5. The molecule has 1 aromatic carbocycles. The number of benzene rings is 1. The van der Waals surface area contributed by atoms with Crippen molar-refractivity contribution in [2.24, 2.45) is 0 Å². The van der Waals surface area contributed by atoms with E-state index in [-0.39, 0.29) is 0 Å². The number of hydrogen-bond acceptors (Lipinski definition) is 3. The Morgan fingerprint density at radius 1 is 1.06 bits per heavy atom. The van der Waals surface area contributed by atoms with Gasteiger partial charge in [0.1, 0.15) is 12.4 Å². The molecule has 0 bridgehead atoms. The zero-order valence-electron chi connectivity index (χ0n) is 11.8. The van der Waals surface area contributed by atoms with Gasteiger partial charge >= 0.3 is 0 Å². The lowest BCUT2D eigenvalue weighted by molar-refractivity contribution is 0.191. The molecule has 0 aromatic heterocycles. The molecule has 2 rings (SSSR count). The van der Waals surface area contributed by atoms with Crippen molar-refractivity contribution in [2.75, 3.05) is 39.3 Å². The number of aryl methyl sites for hydroxylation is 3. The number of hydrogen-bond donors (Lipinski definition) is 1. The summed E-state index contributed by atoms with van der Waals surface area (Å²) < 4.78 is 5.91. The van der Waals surface area contributed by atoms with Crippen LogP contribution in [0.3, 0.4) is 0 Å². The van der Waals surface area contributed by atoms with Crippen molar-refractivity contribution in [1.29, 1.82) is 0 Å². The molecular formula is C15H24N2O. The predicted molar refractivity (Wildman–Crippen MR) is 75.5 cm³/mol. The van der Waals surface area contributed by atoms with Crippen LogP contribution in [0.4, 0.5) is 0 Å². The maximum Gasteiger partial charge on any atom is 0.122 e. The van der Waals surface area contributed by atoms with Crippen LogP contribution in [0.25, 0.3) is 0 Å². The zero-order valence-corrected chi connectivity index (χ0v) is 11.8. The summed E-state index contributed by atoms with van der Waals surface area (Å²) in [6.45, 7) is 12.7. The van der Waals surface area contributed by atoms with Gasteiger partial charge in [-0.05, 0) is 43.5 Å². The molecule has 0 aliphatic carbocycles. The molecule has 3 nitrogen and oxygen atoms in total. The molecule has 1 aliphatic heterocycles. The molecule has 0 radical (unpaired) electrons. The van der Waals surface area contributed by atoms with Gasteiger partial charge in [-0.1, -0.05) is 6.07 Å². The van der Waals surface area contributed by atoms with Crippen LogP contribution < -0.4 is 10.1 Å². The lowest BCUT2D eigenvalue weighted by atomic mass is 10.1. The first-order valence-electron chi connectivity index (χ1n) is 6.80. The van der Waals surface area contributed by atoms with E-state index in [4.69, 9.17) is 4.74 Å². The molecule has 1 aliphatic rings. The number of piperazine rings is 1. The van der Waals surface area contributed by atoms with Crippen LogP contribution >= 0.6 is 0 Å². The second kappa shape index (κ2) is 6.21. The standard InChI is InChI=1S/C15H24N2O/c1-12-10-14(3)15(11-13(12)2)18-9-8-17-6-4-16-5-7-17/h10-11,16H,4-9H2,1-3H3. The quantitative estimate of drug-likeness (QED) is 0.880. The Bertz CT molecular complexity index is 398. The summed E-state index contributed by atoms with van der Waals surface area (Å²) in [4.78, 5) is 2.45. The van der Waals surface area contributed by atoms with Gasteiger partial charge < -0.3 is 10.1 Å². The molecule has 1 N–H and O–H groups in total. The van der Waals surface area contributed by atoms with Crippen molar-refractivity contribution in [2.45, 2.75) is 20.8 Å². The molecule has 18 heavy (non-hydrogen) atoms. The van der Waals surface area contributed by atoms with Crippen LogP contribution in [0.1, 0.15) is 16.7 Å². The molecule has 0 amide bonds. The minimum Gasteiger partial charge on any atom is -0.492 e. The molecule has 0 atom stereocenters. The van der Waals surface area contributed by atoms with Crippen molar-refractivity contribution in [3.63, 3.8) is 0 Å². The van der Waals surface area contributed by atoms with Crippen LogP contribution in [-0.4, -0.2) is 44.2 Å². The third kappa shape index (κ3) is 3.47. The third-order valence-corrected chi connectivity index (χ3v) is 3.67. The molecule has 0 saturated carbocycles. The van der Waals surface area contributed by atoms with Gasteiger partial charge in [0.25, 0.3) is 0 Å². The minimum absolute atomic E-state index is 0.781. The largest absolute Gasteiger partial charge is 0.492 e. The molecule has 1 fully saturated rings. The predicted octanol–water partition coefficient (Wildman–Crippen LogP) is 1.90. The highest BCUT2D eigenvalue weighted by molar-refractivity contribution is 5.40. The summed E-state index contributed by atoms with van der Waals surface area (Å²) in [7, 11) is 0. The summed E-state index contributed by atoms with van der Waals surface area (Å²) >= 11 is 0. The van der Waals surface area contributed by atoms with Gasteiger partial charge in [-0.15, -0.1) is 0 Å². The fraction of sp³-hybridized carbons (Fsp3) is 0.600. The normalized spacial score (nSPS) is 16.8. The van der Waals surface area contributed by atoms with Crippen LogP contribution in [0.15, 0.2) is 12.1 Å². The summed E-state index contributed by atoms with van der Waals surface area (Å²) in [5, 5.41) is 3.36. The van der Waals surface area contributed by atoms with E-state index in [2.05, 4.69) is 43.1 Å². The van der Waals surface area contributed by atoms with E-state index in [0.29, 0.717) is 0 Å². The fourth-order valence-corrected chi connectivity index (χ4v) is 2.31. The number of nitrogens with one attached hydrogen (secondary N) is 1. The van der Waals surface area contributed by atoms with Crippen LogP contribution in [-0.2, 0) is 0 Å². The van der Waals surface area contributed by atoms with Gasteiger partial charge in [-0.25, -0.2) is 0 Å². The Kier molecular flexibility index (Phi) is 4.61. The minimum atomic E-state index is 0.781. The zero-order chi connectivity index (χ0) is 13.0. The molecule has 3 heteroatoms. The Labute approximate surface area is 110 Å². The van der Waals surface area contributed by atoms with E-state index >= 15 is 0 Å². The first-order valence-corrected chi connectivity index (χ1v) is 6.80. The van der Waals surface area contributed by atoms with Gasteiger partial charge in [0.2, 0.25) is 0 Å². The first-order chi connectivity index (χ1) is 8.66. The number of rotatable bonds is 4. The van der Waals surface area contributed by atoms with Crippen LogP contribution in [0.5, 0.6) is 5.75 Å². The smallest absolute Gasteiger partial charge is 0.122 e. The van der Waals surface area contributed by atoms with E-state index in [9.17, 15) is 0 Å². The van der Waals surface area contributed by atoms with E-state index < -0.39 is 0 Å². The lowest BCUT2D eigenvalue weighted by Crippen LogP contribution is -2.44. The highest BCUT2D eigenvalue weighted by Crippen LogP contribution is 2.22. The van der Waals surface area contributed by atoms with Crippen molar-refractivity contribution in [3.8, 4) is 5.75 Å². The van der Waals surface area contributed by atoms with Crippen molar-refractivity contribution in [3.05, 3.63) is 28.8 Å². The van der Waals surface area contributed by atoms with Crippen LogP contribution in [0.2, 0.25) is 0 Å². The Hall–Kier alpha value is -1.06. The Balaban J connectivity index is 1.84. The average Bonchev–Trinajstić information content (AvgIpc) is 2.37. The van der Waals surface area contributed by atoms with Crippen molar-refractivity contribution in [1.82, 2.24) is 10.2 Å². The second-order valence-electron chi connectivity index (χ2n) is 5.14. The molecule has 1 saturated heterocycles. The average molecular weight is 248 g/mol. The SMILES string of the molecule is Cc1cc(C)c(OCCN2CCNCC2)cc1C. The van der Waals surface area contributed by atoms with Crippen molar-refractivity contribution < 1.29 is 4.74 Å². The van der Waals surface area contributed by atoms with Crippen molar-refractivity contribution >= 4 is 0 Å². The second-order valence-corrected chi connectivity index (χ2v) is 5.14. The molecule has 1 aromatic rings. The lowest BCUT2D eigenvalue weighted by Gasteiger charge is -2.27. The van der Waals surface area contributed by atoms with Gasteiger partial charge in [-0.3, -0.25) is 4.90 Å². The summed E-state index contributed by atoms with van der Waals surface area (Å²) in [6.07, 6.45) is 0. The monoisotopic (exact) mass is 248 g/mol. The molecule has 0 unspecified atom stereocenters. The topological polar surface area (TPSA) is 24.5 Å². The first kappa shape index (κ1) is 13.4. The highest BCUT2D eigenvalue weighted by Gasteiger charge is 2.09. The fourth-order valence-electron chi connectivity index (χ4n) is 2.31. The number of nitrogens with zero attached hydrogens (tertiary/aromatic N) is 1. The Morgan fingerprint density at radius 2 is 1.72 bits per heavy atom. The molecule has 1 heterocycles. The van der Waals surface area contributed by atoms with E-state index in [1.165, 1.54) is 16.7 Å². The summed E-state index contributed by atoms with van der Waals surface area (Å²) in [5.41, 5.74) is 3.87. The Morgan fingerprint density at radius 3 is 2.44 bits per heavy atom. The van der Waals surface area contributed by atoms with E-state index in [1.54, 1.807) is 0 Å². The third-order valence-electron chi connectivity index (χ3n) is 3.67. The summed E-state index contributed by atoms with van der Waals surface area (Å²) in [6, 6.07) is 4.36. The van der Waals surface area contributed by atoms with Gasteiger partial charge in [-0.2, -0.15) is 0 Å². The maximum atomic E-state index is 5.91. The molecule has 100 valence electrons.